The molecule has 1 aromatic rings. The maximum absolute atomic E-state index is 13.0. The van der Waals surface area contributed by atoms with Crippen molar-refractivity contribution in [2.24, 2.45) is 13.0 Å². The minimum atomic E-state index is -0.377. The molecule has 0 unspecified atom stereocenters. The summed E-state index contributed by atoms with van der Waals surface area (Å²) in [7, 11) is 1.92. The predicted molar refractivity (Wildman–Crippen MR) is 101 cm³/mol. The number of piperazine rings is 1. The monoisotopic (exact) mass is 363 g/mol. The molecule has 2 heterocycles. The van der Waals surface area contributed by atoms with Crippen molar-refractivity contribution in [2.75, 3.05) is 19.6 Å². The summed E-state index contributed by atoms with van der Waals surface area (Å²) >= 11 is 0. The Morgan fingerprint density at radius 1 is 1.38 bits per heavy atom. The van der Waals surface area contributed by atoms with E-state index in [9.17, 15) is 9.59 Å². The second-order valence-corrected chi connectivity index (χ2v) is 7.80. The normalized spacial score (nSPS) is 18.4. The number of hydrogen-bond donors (Lipinski definition) is 1. The zero-order chi connectivity index (χ0) is 19.3. The number of rotatable bonds is 8. The fourth-order valence-electron chi connectivity index (χ4n) is 3.22. The van der Waals surface area contributed by atoms with Gasteiger partial charge in [0, 0.05) is 38.6 Å². The van der Waals surface area contributed by atoms with Gasteiger partial charge in [-0.3, -0.25) is 14.5 Å². The molecule has 0 aromatic carbocycles. The predicted octanol–water partition coefficient (Wildman–Crippen LogP) is 1.39. The summed E-state index contributed by atoms with van der Waals surface area (Å²) in [6.07, 6.45) is 4.85. The van der Waals surface area contributed by atoms with E-state index in [1.54, 1.807) is 6.20 Å². The Morgan fingerprint density at radius 3 is 2.69 bits per heavy atom. The highest BCUT2D eigenvalue weighted by molar-refractivity contribution is 5.88. The first-order valence-electron chi connectivity index (χ1n) is 9.57. The van der Waals surface area contributed by atoms with Gasteiger partial charge in [0.05, 0.1) is 19.0 Å². The van der Waals surface area contributed by atoms with Crippen LogP contribution < -0.4 is 5.32 Å². The van der Waals surface area contributed by atoms with Gasteiger partial charge in [-0.15, -0.1) is 0 Å². The van der Waals surface area contributed by atoms with Crippen molar-refractivity contribution in [3.05, 3.63) is 18.2 Å². The van der Waals surface area contributed by atoms with Gasteiger partial charge in [-0.1, -0.05) is 13.8 Å². The van der Waals surface area contributed by atoms with Crippen LogP contribution in [0.2, 0.25) is 0 Å². The number of aryl methyl sites for hydroxylation is 1. The third-order valence-corrected chi connectivity index (χ3v) is 4.98. The maximum atomic E-state index is 13.0. The molecular weight excluding hydrogens is 330 g/mol. The molecule has 7 nitrogen and oxygen atoms in total. The summed E-state index contributed by atoms with van der Waals surface area (Å²) in [6.45, 7) is 11.1. The highest BCUT2D eigenvalue weighted by Crippen LogP contribution is 2.16. The van der Waals surface area contributed by atoms with E-state index in [1.807, 2.05) is 36.6 Å². The molecule has 146 valence electrons. The second kappa shape index (κ2) is 9.16. The van der Waals surface area contributed by atoms with Gasteiger partial charge in [0.2, 0.25) is 11.8 Å². The third-order valence-electron chi connectivity index (χ3n) is 4.98. The van der Waals surface area contributed by atoms with Gasteiger partial charge in [-0.05, 0) is 32.7 Å². The van der Waals surface area contributed by atoms with Crippen LogP contribution in [0.5, 0.6) is 0 Å². The molecule has 26 heavy (non-hydrogen) atoms. The van der Waals surface area contributed by atoms with E-state index in [4.69, 9.17) is 0 Å². The van der Waals surface area contributed by atoms with Gasteiger partial charge in [0.15, 0.2) is 0 Å². The molecular formula is C19H33N5O2. The van der Waals surface area contributed by atoms with Crippen molar-refractivity contribution in [2.45, 2.75) is 59.2 Å². The number of hydrogen-bond acceptors (Lipinski definition) is 4. The molecule has 2 amide bonds. The molecule has 7 heteroatoms. The molecule has 1 fully saturated rings. The first-order chi connectivity index (χ1) is 12.3. The number of aromatic nitrogens is 2. The largest absolute Gasteiger partial charge is 0.353 e. The van der Waals surface area contributed by atoms with Crippen LogP contribution in [0.15, 0.2) is 12.4 Å². The Balaban J connectivity index is 2.07. The van der Waals surface area contributed by atoms with Crippen LogP contribution in [0.25, 0.3) is 0 Å². The summed E-state index contributed by atoms with van der Waals surface area (Å²) in [6, 6.07) is -0.326. The van der Waals surface area contributed by atoms with Crippen molar-refractivity contribution in [3.8, 4) is 0 Å². The van der Waals surface area contributed by atoms with E-state index < -0.39 is 0 Å². The summed E-state index contributed by atoms with van der Waals surface area (Å²) in [5.41, 5.74) is 0. The van der Waals surface area contributed by atoms with Crippen LogP contribution in [0, 0.1) is 5.92 Å². The fourth-order valence-corrected chi connectivity index (χ4v) is 3.22. The average molecular weight is 364 g/mol. The molecule has 2 rings (SSSR count). The minimum Gasteiger partial charge on any atom is -0.353 e. The molecule has 1 N–H and O–H groups in total. The topological polar surface area (TPSA) is 70.5 Å². The van der Waals surface area contributed by atoms with E-state index in [1.165, 1.54) is 0 Å². The molecule has 1 aliphatic heterocycles. The first-order valence-corrected chi connectivity index (χ1v) is 9.57. The summed E-state index contributed by atoms with van der Waals surface area (Å²) in [5.74, 6) is 1.39. The van der Waals surface area contributed by atoms with Crippen molar-refractivity contribution in [3.63, 3.8) is 0 Å². The lowest BCUT2D eigenvalue weighted by Gasteiger charge is -2.36. The highest BCUT2D eigenvalue weighted by Gasteiger charge is 2.33. The number of nitrogens with one attached hydrogen (secondary N) is 1. The molecule has 0 spiro atoms. The molecule has 0 bridgehead atoms. The Bertz CT molecular complexity index is 611. The van der Waals surface area contributed by atoms with E-state index in [2.05, 4.69) is 29.0 Å². The van der Waals surface area contributed by atoms with Crippen LogP contribution >= 0.6 is 0 Å². The fraction of sp³-hybridized carbons (Fsp3) is 0.737. The number of carbonyl (C=O) groups excluding carboxylic acids is 2. The Morgan fingerprint density at radius 2 is 2.12 bits per heavy atom. The Kier molecular flexibility index (Phi) is 7.20. The maximum Gasteiger partial charge on any atom is 0.237 e. The van der Waals surface area contributed by atoms with Gasteiger partial charge in [0.25, 0.3) is 0 Å². The lowest BCUT2D eigenvalue weighted by atomic mass is 10.0. The molecule has 0 saturated carbocycles. The molecule has 1 saturated heterocycles. The van der Waals surface area contributed by atoms with Crippen LogP contribution in [-0.4, -0.2) is 62.9 Å². The van der Waals surface area contributed by atoms with Crippen molar-refractivity contribution in [1.29, 1.82) is 0 Å². The molecule has 1 aliphatic rings. The van der Waals surface area contributed by atoms with Crippen molar-refractivity contribution < 1.29 is 9.59 Å². The number of amides is 2. The smallest absolute Gasteiger partial charge is 0.237 e. The SMILES string of the molecule is CC(C)CCN1CCNC(=O)[C@H]1CC(=O)N(Cc1nccn1C)C(C)C. The Hall–Kier alpha value is -1.89. The van der Waals surface area contributed by atoms with Gasteiger partial charge in [0.1, 0.15) is 5.82 Å². The summed E-state index contributed by atoms with van der Waals surface area (Å²) in [4.78, 5) is 33.7. The number of nitrogens with zero attached hydrogens (tertiary/aromatic N) is 4. The lowest BCUT2D eigenvalue weighted by Crippen LogP contribution is -2.57. The molecule has 1 aromatic heterocycles. The van der Waals surface area contributed by atoms with Gasteiger partial charge in [-0.2, -0.15) is 0 Å². The first kappa shape index (κ1) is 20.4. The van der Waals surface area contributed by atoms with E-state index in [0.29, 0.717) is 19.0 Å². The Labute approximate surface area is 156 Å². The lowest BCUT2D eigenvalue weighted by molar-refractivity contribution is -0.140. The van der Waals surface area contributed by atoms with Gasteiger partial charge in [-0.25, -0.2) is 4.98 Å². The van der Waals surface area contributed by atoms with E-state index >= 15 is 0 Å². The van der Waals surface area contributed by atoms with Crippen LogP contribution in [-0.2, 0) is 23.2 Å². The van der Waals surface area contributed by atoms with Crippen LogP contribution in [0.1, 0.15) is 46.4 Å². The van der Waals surface area contributed by atoms with Crippen LogP contribution in [0.3, 0.4) is 0 Å². The van der Waals surface area contributed by atoms with E-state index in [-0.39, 0.29) is 30.3 Å². The summed E-state index contributed by atoms with van der Waals surface area (Å²) in [5, 5.41) is 2.91. The highest BCUT2D eigenvalue weighted by atomic mass is 16.2. The zero-order valence-corrected chi connectivity index (χ0v) is 16.7. The molecule has 0 aliphatic carbocycles. The quantitative estimate of drug-likeness (QED) is 0.758. The average Bonchev–Trinajstić information content (AvgIpc) is 2.97. The number of carbonyl (C=O) groups is 2. The van der Waals surface area contributed by atoms with Crippen molar-refractivity contribution >= 4 is 11.8 Å². The standard InChI is InChI=1S/C19H33N5O2/c1-14(2)6-9-23-11-8-21-19(26)16(23)12-18(25)24(15(3)4)13-17-20-7-10-22(17)5/h7,10,14-16H,6,8-9,11-13H2,1-5H3,(H,21,26)/t16-/m1/s1. The minimum absolute atomic E-state index is 0.000373. The third kappa shape index (κ3) is 5.30. The zero-order valence-electron chi connectivity index (χ0n) is 16.7. The van der Waals surface area contributed by atoms with Crippen LogP contribution in [0.4, 0.5) is 0 Å². The van der Waals surface area contributed by atoms with Gasteiger partial charge < -0.3 is 14.8 Å². The summed E-state index contributed by atoms with van der Waals surface area (Å²) < 4.78 is 1.92. The van der Waals surface area contributed by atoms with Crippen molar-refractivity contribution in [1.82, 2.24) is 24.7 Å². The molecule has 0 radical (unpaired) electrons. The molecule has 1 atom stereocenters. The second-order valence-electron chi connectivity index (χ2n) is 7.80. The van der Waals surface area contributed by atoms with E-state index in [0.717, 1.165) is 25.3 Å². The number of imidazole rings is 1. The van der Waals surface area contributed by atoms with Gasteiger partial charge >= 0.3 is 0 Å².